The number of nitrogens with one attached hydrogen (secondary N) is 2. The average Bonchev–Trinajstić information content (AvgIpc) is 3.05. The van der Waals surface area contributed by atoms with Crippen LogP contribution in [0.4, 0.5) is 0 Å². The van der Waals surface area contributed by atoms with E-state index in [0.29, 0.717) is 6.54 Å². The molecule has 0 bridgehead atoms. The minimum absolute atomic E-state index is 0. The average molecular weight is 380 g/mol. The molecule has 1 aliphatic rings. The molecule has 1 saturated carbocycles. The Morgan fingerprint density at radius 3 is 2.83 bits per heavy atom. The van der Waals surface area contributed by atoms with Gasteiger partial charge in [-0.1, -0.05) is 0 Å². The van der Waals surface area contributed by atoms with E-state index in [4.69, 9.17) is 0 Å². The fraction of sp³-hybridized carbons (Fsp3) is 0.667. The zero-order valence-electron chi connectivity index (χ0n) is 10.9. The van der Waals surface area contributed by atoms with Crippen molar-refractivity contribution in [2.75, 3.05) is 13.1 Å². The Morgan fingerprint density at radius 1 is 1.50 bits per heavy atom. The Labute approximate surface area is 130 Å². The van der Waals surface area contributed by atoms with E-state index in [2.05, 4.69) is 27.5 Å². The van der Waals surface area contributed by atoms with Crippen molar-refractivity contribution >= 4 is 41.3 Å². The maximum Gasteiger partial charge on any atom is 0.191 e. The smallest absolute Gasteiger partial charge is 0.191 e. The molecule has 1 heterocycles. The zero-order chi connectivity index (χ0) is 12.1. The predicted octanol–water partition coefficient (Wildman–Crippen LogP) is 2.53. The number of aliphatic imine (C=N–C) groups is 1. The summed E-state index contributed by atoms with van der Waals surface area (Å²) in [6.45, 7) is 6.77. The number of halogens is 1. The number of rotatable bonds is 5. The summed E-state index contributed by atoms with van der Waals surface area (Å²) < 4.78 is 0. The van der Waals surface area contributed by atoms with E-state index in [1.807, 2.05) is 13.1 Å². The molecule has 0 aromatic carbocycles. The first kappa shape index (κ1) is 15.7. The number of guanidine groups is 1. The Balaban J connectivity index is 0.00000162. The molecule has 1 aromatic heterocycles. The van der Waals surface area contributed by atoms with Crippen LogP contribution in [-0.2, 0) is 6.54 Å². The Bertz CT molecular complexity index is 387. The van der Waals surface area contributed by atoms with Gasteiger partial charge in [-0.15, -0.1) is 35.3 Å². The first-order chi connectivity index (χ1) is 8.28. The lowest BCUT2D eigenvalue weighted by Gasteiger charge is -2.10. The second-order valence-electron chi connectivity index (χ2n) is 4.37. The molecule has 0 unspecified atom stereocenters. The molecule has 1 aromatic rings. The summed E-state index contributed by atoms with van der Waals surface area (Å²) in [5, 5.41) is 7.75. The van der Waals surface area contributed by atoms with E-state index in [-0.39, 0.29) is 24.0 Å². The third-order valence-electron chi connectivity index (χ3n) is 2.66. The van der Waals surface area contributed by atoms with Gasteiger partial charge in [-0.2, -0.15) is 0 Å². The summed E-state index contributed by atoms with van der Waals surface area (Å²) in [5.74, 6) is 1.79. The molecule has 0 amide bonds. The monoisotopic (exact) mass is 380 g/mol. The van der Waals surface area contributed by atoms with E-state index in [1.54, 1.807) is 11.3 Å². The molecule has 0 saturated heterocycles. The molecule has 0 radical (unpaired) electrons. The SMILES string of the molecule is CCNC(=NCc1cnc(C)s1)NCC1CC1.I. The minimum atomic E-state index is 0. The van der Waals surface area contributed by atoms with Crippen LogP contribution in [0.5, 0.6) is 0 Å². The topological polar surface area (TPSA) is 49.3 Å². The summed E-state index contributed by atoms with van der Waals surface area (Å²) >= 11 is 1.71. The molecule has 2 N–H and O–H groups in total. The van der Waals surface area contributed by atoms with E-state index < -0.39 is 0 Å². The Kier molecular flexibility index (Phi) is 6.91. The predicted molar refractivity (Wildman–Crippen MR) is 87.8 cm³/mol. The number of hydrogen-bond acceptors (Lipinski definition) is 3. The van der Waals surface area contributed by atoms with Crippen LogP contribution in [0.1, 0.15) is 29.7 Å². The molecule has 0 atom stereocenters. The van der Waals surface area contributed by atoms with Crippen LogP contribution in [0.15, 0.2) is 11.2 Å². The van der Waals surface area contributed by atoms with Gasteiger partial charge in [0, 0.05) is 24.2 Å². The van der Waals surface area contributed by atoms with Crippen LogP contribution in [0.25, 0.3) is 0 Å². The molecule has 1 fully saturated rings. The third-order valence-corrected chi connectivity index (χ3v) is 3.56. The summed E-state index contributed by atoms with van der Waals surface area (Å²) in [6.07, 6.45) is 4.63. The van der Waals surface area contributed by atoms with Gasteiger partial charge in [0.1, 0.15) is 0 Å². The molecule has 4 nitrogen and oxygen atoms in total. The normalized spacial score (nSPS) is 15.1. The lowest BCUT2D eigenvalue weighted by atomic mass is 10.4. The van der Waals surface area contributed by atoms with Gasteiger partial charge in [0.2, 0.25) is 0 Å². The van der Waals surface area contributed by atoms with Crippen molar-refractivity contribution in [1.29, 1.82) is 0 Å². The van der Waals surface area contributed by atoms with E-state index in [1.165, 1.54) is 17.7 Å². The molecule has 102 valence electrons. The molecule has 18 heavy (non-hydrogen) atoms. The second-order valence-corrected chi connectivity index (χ2v) is 5.68. The molecular weight excluding hydrogens is 359 g/mol. The fourth-order valence-electron chi connectivity index (χ4n) is 1.54. The lowest BCUT2D eigenvalue weighted by molar-refractivity contribution is 0.739. The van der Waals surface area contributed by atoms with E-state index in [0.717, 1.165) is 30.0 Å². The number of thiazole rings is 1. The van der Waals surface area contributed by atoms with Crippen molar-refractivity contribution in [2.45, 2.75) is 33.2 Å². The van der Waals surface area contributed by atoms with Crippen LogP contribution in [0.3, 0.4) is 0 Å². The van der Waals surface area contributed by atoms with Crippen molar-refractivity contribution in [3.63, 3.8) is 0 Å². The van der Waals surface area contributed by atoms with Gasteiger partial charge in [0.25, 0.3) is 0 Å². The third kappa shape index (κ3) is 5.51. The van der Waals surface area contributed by atoms with Crippen molar-refractivity contribution in [3.05, 3.63) is 16.1 Å². The molecule has 0 aliphatic heterocycles. The van der Waals surface area contributed by atoms with Gasteiger partial charge in [-0.25, -0.2) is 9.98 Å². The second kappa shape index (κ2) is 7.93. The lowest BCUT2D eigenvalue weighted by Crippen LogP contribution is -2.38. The van der Waals surface area contributed by atoms with Gasteiger partial charge in [-0.05, 0) is 32.6 Å². The number of nitrogens with zero attached hydrogens (tertiary/aromatic N) is 2. The summed E-state index contributed by atoms with van der Waals surface area (Å²) in [4.78, 5) is 10.0. The zero-order valence-corrected chi connectivity index (χ0v) is 14.0. The van der Waals surface area contributed by atoms with Crippen LogP contribution < -0.4 is 10.6 Å². The van der Waals surface area contributed by atoms with Crippen LogP contribution in [0.2, 0.25) is 0 Å². The van der Waals surface area contributed by atoms with Crippen LogP contribution >= 0.6 is 35.3 Å². The molecule has 1 aliphatic carbocycles. The molecule has 2 rings (SSSR count). The number of hydrogen-bond donors (Lipinski definition) is 2. The number of aryl methyl sites for hydroxylation is 1. The van der Waals surface area contributed by atoms with Crippen LogP contribution in [0, 0.1) is 12.8 Å². The van der Waals surface area contributed by atoms with E-state index in [9.17, 15) is 0 Å². The van der Waals surface area contributed by atoms with Gasteiger partial charge in [0.15, 0.2) is 5.96 Å². The number of aromatic nitrogens is 1. The van der Waals surface area contributed by atoms with Gasteiger partial charge in [0.05, 0.1) is 11.6 Å². The highest BCUT2D eigenvalue weighted by Crippen LogP contribution is 2.27. The summed E-state index contributed by atoms with van der Waals surface area (Å²) in [7, 11) is 0. The first-order valence-electron chi connectivity index (χ1n) is 6.21. The quantitative estimate of drug-likeness (QED) is 0.469. The highest BCUT2D eigenvalue weighted by atomic mass is 127. The van der Waals surface area contributed by atoms with Gasteiger partial charge < -0.3 is 10.6 Å². The highest BCUT2D eigenvalue weighted by Gasteiger charge is 2.20. The Hall–Kier alpha value is -0.370. The first-order valence-corrected chi connectivity index (χ1v) is 7.03. The molecule has 0 spiro atoms. The minimum Gasteiger partial charge on any atom is -0.357 e. The maximum atomic E-state index is 4.56. The fourth-order valence-corrected chi connectivity index (χ4v) is 2.26. The maximum absolute atomic E-state index is 4.56. The van der Waals surface area contributed by atoms with Crippen molar-refractivity contribution in [1.82, 2.24) is 15.6 Å². The highest BCUT2D eigenvalue weighted by molar-refractivity contribution is 14.0. The van der Waals surface area contributed by atoms with Crippen molar-refractivity contribution in [2.24, 2.45) is 10.9 Å². The van der Waals surface area contributed by atoms with Crippen molar-refractivity contribution in [3.8, 4) is 0 Å². The van der Waals surface area contributed by atoms with E-state index >= 15 is 0 Å². The van der Waals surface area contributed by atoms with Crippen LogP contribution in [-0.4, -0.2) is 24.0 Å². The summed E-state index contributed by atoms with van der Waals surface area (Å²) in [5.41, 5.74) is 0. The van der Waals surface area contributed by atoms with Gasteiger partial charge in [-0.3, -0.25) is 0 Å². The largest absolute Gasteiger partial charge is 0.357 e. The van der Waals surface area contributed by atoms with Gasteiger partial charge >= 0.3 is 0 Å². The molecular formula is C12H21IN4S. The summed E-state index contributed by atoms with van der Waals surface area (Å²) in [6, 6.07) is 0. The Morgan fingerprint density at radius 2 is 2.28 bits per heavy atom. The molecule has 6 heteroatoms. The standard InChI is InChI=1S/C12H20N4S.HI/c1-3-13-12(15-6-10-4-5-10)16-8-11-7-14-9(2)17-11;/h7,10H,3-6,8H2,1-2H3,(H2,13,15,16);1H. The van der Waals surface area contributed by atoms with Crippen molar-refractivity contribution < 1.29 is 0 Å².